The van der Waals surface area contributed by atoms with E-state index in [0.29, 0.717) is 30.4 Å². The number of aliphatic hydroxyl groups is 1. The second-order valence-corrected chi connectivity index (χ2v) is 4.94. The minimum Gasteiger partial charge on any atom is -0.384 e. The molecule has 1 saturated heterocycles. The molecule has 1 atom stereocenters. The summed E-state index contributed by atoms with van der Waals surface area (Å²) in [7, 11) is 2.06. The number of rotatable bonds is 1. The van der Waals surface area contributed by atoms with Crippen LogP contribution in [0.4, 0.5) is 0 Å². The van der Waals surface area contributed by atoms with Gasteiger partial charge in [0.2, 0.25) is 0 Å². The number of piperazine rings is 1. The van der Waals surface area contributed by atoms with E-state index in [-0.39, 0.29) is 12.5 Å². The molecule has 1 aromatic rings. The van der Waals surface area contributed by atoms with Gasteiger partial charge < -0.3 is 14.9 Å². The fourth-order valence-electron chi connectivity index (χ4n) is 2.19. The van der Waals surface area contributed by atoms with E-state index < -0.39 is 0 Å². The zero-order valence-electron chi connectivity index (χ0n) is 11.8. The summed E-state index contributed by atoms with van der Waals surface area (Å²) in [5.74, 6) is 5.26. The number of pyridine rings is 1. The zero-order valence-corrected chi connectivity index (χ0v) is 11.8. The number of nitrogens with zero attached hydrogens (tertiary/aromatic N) is 3. The van der Waals surface area contributed by atoms with Gasteiger partial charge in [-0.2, -0.15) is 0 Å². The van der Waals surface area contributed by atoms with Crippen molar-refractivity contribution in [3.63, 3.8) is 0 Å². The Bertz CT molecular complexity index is 548. The van der Waals surface area contributed by atoms with Crippen LogP contribution in [0.3, 0.4) is 0 Å². The van der Waals surface area contributed by atoms with E-state index in [0.717, 1.165) is 6.54 Å². The van der Waals surface area contributed by atoms with Crippen molar-refractivity contribution in [3.8, 4) is 11.8 Å². The first-order valence-electron chi connectivity index (χ1n) is 6.67. The molecule has 0 aromatic carbocycles. The molecule has 0 spiro atoms. The van der Waals surface area contributed by atoms with Gasteiger partial charge in [0.1, 0.15) is 12.3 Å². The lowest BCUT2D eigenvalue weighted by Gasteiger charge is -2.37. The fraction of sp³-hybridized carbons (Fsp3) is 0.467. The lowest BCUT2D eigenvalue weighted by atomic mass is 10.1. The van der Waals surface area contributed by atoms with Crippen molar-refractivity contribution in [2.75, 3.05) is 33.3 Å². The van der Waals surface area contributed by atoms with Crippen molar-refractivity contribution in [3.05, 3.63) is 29.6 Å². The Balaban J connectivity index is 2.21. The third-order valence-corrected chi connectivity index (χ3v) is 3.56. The Morgan fingerprint density at radius 2 is 2.35 bits per heavy atom. The molecule has 1 N–H and O–H groups in total. The summed E-state index contributed by atoms with van der Waals surface area (Å²) < 4.78 is 0. The lowest BCUT2D eigenvalue weighted by molar-refractivity contribution is 0.0566. The second-order valence-electron chi connectivity index (χ2n) is 4.94. The Hall–Kier alpha value is -1.90. The van der Waals surface area contributed by atoms with Gasteiger partial charge in [0.05, 0.1) is 5.56 Å². The molecule has 5 nitrogen and oxygen atoms in total. The van der Waals surface area contributed by atoms with Gasteiger partial charge in [0.15, 0.2) is 0 Å². The minimum atomic E-state index is -0.228. The predicted molar refractivity (Wildman–Crippen MR) is 76.2 cm³/mol. The maximum absolute atomic E-state index is 12.6. The predicted octanol–water partition coefficient (Wildman–Crippen LogP) is 0.202. The van der Waals surface area contributed by atoms with E-state index in [1.165, 1.54) is 0 Å². The van der Waals surface area contributed by atoms with Crippen LogP contribution in [0.15, 0.2) is 18.3 Å². The van der Waals surface area contributed by atoms with E-state index in [2.05, 4.69) is 35.7 Å². The highest BCUT2D eigenvalue weighted by Gasteiger charge is 2.26. The molecule has 1 unspecified atom stereocenters. The quantitative estimate of drug-likeness (QED) is 0.743. The van der Waals surface area contributed by atoms with Gasteiger partial charge in [-0.15, -0.1) is 0 Å². The molecule has 106 valence electrons. The van der Waals surface area contributed by atoms with E-state index >= 15 is 0 Å². The number of hydrogen-bond donors (Lipinski definition) is 1. The molecule has 0 bridgehead atoms. The van der Waals surface area contributed by atoms with Crippen LogP contribution in [0, 0.1) is 11.8 Å². The average molecular weight is 273 g/mol. The number of amides is 1. The molecule has 1 aromatic heterocycles. The summed E-state index contributed by atoms with van der Waals surface area (Å²) in [5, 5.41) is 8.77. The monoisotopic (exact) mass is 273 g/mol. The van der Waals surface area contributed by atoms with Crippen molar-refractivity contribution in [2.45, 2.75) is 13.0 Å². The molecule has 5 heteroatoms. The average Bonchev–Trinajstić information content (AvgIpc) is 2.47. The molecule has 2 heterocycles. The smallest absolute Gasteiger partial charge is 0.273 e. The molecule has 1 aliphatic heterocycles. The highest BCUT2D eigenvalue weighted by molar-refractivity contribution is 5.94. The van der Waals surface area contributed by atoms with Gasteiger partial charge >= 0.3 is 0 Å². The summed E-state index contributed by atoms with van der Waals surface area (Å²) in [4.78, 5) is 20.8. The summed E-state index contributed by atoms with van der Waals surface area (Å²) >= 11 is 0. The third kappa shape index (κ3) is 3.16. The Morgan fingerprint density at radius 3 is 3.05 bits per heavy atom. The van der Waals surface area contributed by atoms with Crippen LogP contribution < -0.4 is 0 Å². The number of likely N-dealkylation sites (N-methyl/N-ethyl adjacent to an activating group) is 1. The molecule has 20 heavy (non-hydrogen) atoms. The highest BCUT2D eigenvalue weighted by Crippen LogP contribution is 2.13. The number of aromatic nitrogens is 1. The maximum atomic E-state index is 12.6. The van der Waals surface area contributed by atoms with Crippen molar-refractivity contribution in [1.29, 1.82) is 0 Å². The summed E-state index contributed by atoms with van der Waals surface area (Å²) in [6, 6.07) is 3.83. The standard InChI is InChI=1S/C15H19N3O2/c1-12-11-18(9-8-17(12)2)15(20)14-13(6-4-10-19)5-3-7-16-14/h3,5,7,12,19H,8-11H2,1-2H3. The Labute approximate surface area is 119 Å². The van der Waals surface area contributed by atoms with Gasteiger partial charge in [0, 0.05) is 31.9 Å². The van der Waals surface area contributed by atoms with Crippen LogP contribution in [-0.2, 0) is 0 Å². The Morgan fingerprint density at radius 1 is 1.55 bits per heavy atom. The normalized spacial score (nSPS) is 19.4. The van der Waals surface area contributed by atoms with Gasteiger partial charge in [-0.3, -0.25) is 4.79 Å². The van der Waals surface area contributed by atoms with E-state index in [1.54, 1.807) is 18.3 Å². The number of aliphatic hydroxyl groups excluding tert-OH is 1. The molecular formula is C15H19N3O2. The first-order chi connectivity index (χ1) is 9.63. The van der Waals surface area contributed by atoms with Crippen LogP contribution in [-0.4, -0.2) is 65.1 Å². The molecule has 2 rings (SSSR count). The molecule has 0 radical (unpaired) electrons. The van der Waals surface area contributed by atoms with E-state index in [9.17, 15) is 4.79 Å². The summed E-state index contributed by atoms with van der Waals surface area (Å²) in [6.45, 7) is 4.12. The highest BCUT2D eigenvalue weighted by atomic mass is 16.2. The van der Waals surface area contributed by atoms with Crippen LogP contribution in [0.25, 0.3) is 0 Å². The van der Waals surface area contributed by atoms with Gasteiger partial charge in [-0.05, 0) is 26.1 Å². The Kier molecular flexibility index (Phi) is 4.72. The molecule has 1 fully saturated rings. The zero-order chi connectivity index (χ0) is 14.5. The maximum Gasteiger partial charge on any atom is 0.273 e. The molecular weight excluding hydrogens is 254 g/mol. The van der Waals surface area contributed by atoms with Crippen LogP contribution in [0.2, 0.25) is 0 Å². The van der Waals surface area contributed by atoms with Crippen molar-refractivity contribution >= 4 is 5.91 Å². The first kappa shape index (κ1) is 14.5. The molecule has 1 aliphatic rings. The largest absolute Gasteiger partial charge is 0.384 e. The van der Waals surface area contributed by atoms with Crippen molar-refractivity contribution in [1.82, 2.24) is 14.8 Å². The third-order valence-electron chi connectivity index (χ3n) is 3.56. The fourth-order valence-corrected chi connectivity index (χ4v) is 2.19. The molecule has 0 aliphatic carbocycles. The number of hydrogen-bond acceptors (Lipinski definition) is 4. The number of carbonyl (C=O) groups is 1. The molecule has 1 amide bonds. The van der Waals surface area contributed by atoms with Gasteiger partial charge in [-0.1, -0.05) is 11.8 Å². The summed E-state index contributed by atoms with van der Waals surface area (Å²) in [6.07, 6.45) is 1.59. The number of carbonyl (C=O) groups excluding carboxylic acids is 1. The van der Waals surface area contributed by atoms with Crippen LogP contribution >= 0.6 is 0 Å². The van der Waals surface area contributed by atoms with E-state index in [4.69, 9.17) is 5.11 Å². The molecule has 0 saturated carbocycles. The van der Waals surface area contributed by atoms with Crippen molar-refractivity contribution < 1.29 is 9.90 Å². The first-order valence-corrected chi connectivity index (χ1v) is 6.67. The summed E-state index contributed by atoms with van der Waals surface area (Å²) in [5.41, 5.74) is 0.934. The van der Waals surface area contributed by atoms with E-state index in [1.807, 2.05) is 4.90 Å². The van der Waals surface area contributed by atoms with Gasteiger partial charge in [-0.25, -0.2) is 4.98 Å². The topological polar surface area (TPSA) is 56.7 Å². The lowest BCUT2D eigenvalue weighted by Crippen LogP contribution is -2.52. The van der Waals surface area contributed by atoms with Crippen molar-refractivity contribution in [2.24, 2.45) is 0 Å². The minimum absolute atomic E-state index is 0.0900. The van der Waals surface area contributed by atoms with Gasteiger partial charge in [0.25, 0.3) is 5.91 Å². The van der Waals surface area contributed by atoms with Crippen LogP contribution in [0.1, 0.15) is 23.0 Å². The second kappa shape index (κ2) is 6.51. The SMILES string of the molecule is CC1CN(C(=O)c2ncccc2C#CCO)CCN1C. The van der Waals surface area contributed by atoms with Crippen LogP contribution in [0.5, 0.6) is 0 Å².